The molecule has 2 rings (SSSR count). The lowest BCUT2D eigenvalue weighted by Crippen LogP contribution is -2.24. The van der Waals surface area contributed by atoms with Crippen LogP contribution in [0.4, 0.5) is 0 Å². The summed E-state index contributed by atoms with van der Waals surface area (Å²) in [5.41, 5.74) is 2.17. The summed E-state index contributed by atoms with van der Waals surface area (Å²) in [7, 11) is 0. The van der Waals surface area contributed by atoms with Crippen molar-refractivity contribution in [1.29, 1.82) is 0 Å². The molecule has 0 radical (unpaired) electrons. The Balaban J connectivity index is 1.82. The van der Waals surface area contributed by atoms with Crippen molar-refractivity contribution in [3.63, 3.8) is 0 Å². The summed E-state index contributed by atoms with van der Waals surface area (Å²) in [6.45, 7) is 2.49. The first-order valence-electron chi connectivity index (χ1n) is 7.02. The summed E-state index contributed by atoms with van der Waals surface area (Å²) in [6.07, 6.45) is 4.10. The highest BCUT2D eigenvalue weighted by Gasteiger charge is 2.10. The molecule has 0 fully saturated rings. The number of carboxylic acids is 1. The summed E-state index contributed by atoms with van der Waals surface area (Å²) >= 11 is 0. The molecule has 0 saturated carbocycles. The summed E-state index contributed by atoms with van der Waals surface area (Å²) in [5.74, 6) is -0.976. The highest BCUT2D eigenvalue weighted by Crippen LogP contribution is 2.08. The van der Waals surface area contributed by atoms with E-state index in [1.165, 1.54) is 0 Å². The van der Waals surface area contributed by atoms with Crippen molar-refractivity contribution in [2.75, 3.05) is 6.54 Å². The number of aliphatic carboxylic acids is 1. The number of fused-ring (bicyclic) bond motifs is 1. The predicted octanol–water partition coefficient (Wildman–Crippen LogP) is 2.02. The monoisotopic (exact) mass is 289 g/mol. The predicted molar refractivity (Wildman–Crippen MR) is 78.4 cm³/mol. The molecule has 2 aromatic heterocycles. The maximum atomic E-state index is 12.0. The van der Waals surface area contributed by atoms with Crippen LogP contribution in [0.15, 0.2) is 24.4 Å². The number of carbonyl (C=O) groups excluding carboxylic acids is 1. The number of nitrogens with one attached hydrogen (secondary N) is 1. The molecule has 6 heteroatoms. The molecule has 2 heterocycles. The van der Waals surface area contributed by atoms with Gasteiger partial charge in [0.05, 0.1) is 0 Å². The van der Waals surface area contributed by atoms with Crippen LogP contribution in [0.2, 0.25) is 0 Å². The fraction of sp³-hybridized carbons (Fsp3) is 0.400. The van der Waals surface area contributed by atoms with E-state index in [9.17, 15) is 9.59 Å². The van der Waals surface area contributed by atoms with E-state index in [0.717, 1.165) is 24.2 Å². The second-order valence-electron chi connectivity index (χ2n) is 4.98. The molecule has 6 nitrogen and oxygen atoms in total. The first-order chi connectivity index (χ1) is 10.1. The summed E-state index contributed by atoms with van der Waals surface area (Å²) < 4.78 is 1.88. The summed E-state index contributed by atoms with van der Waals surface area (Å²) in [6, 6.07) is 5.72. The minimum Gasteiger partial charge on any atom is -0.481 e. The van der Waals surface area contributed by atoms with Crippen molar-refractivity contribution in [2.45, 2.75) is 32.6 Å². The van der Waals surface area contributed by atoms with Gasteiger partial charge >= 0.3 is 5.97 Å². The Hall–Kier alpha value is -2.37. The van der Waals surface area contributed by atoms with Gasteiger partial charge in [0.2, 0.25) is 0 Å². The molecular formula is C15H19N3O3. The average Bonchev–Trinajstić information content (AvgIpc) is 2.87. The molecule has 0 atom stereocenters. The first-order valence-corrected chi connectivity index (χ1v) is 7.02. The zero-order chi connectivity index (χ0) is 15.2. The van der Waals surface area contributed by atoms with Crippen LogP contribution in [-0.2, 0) is 4.79 Å². The van der Waals surface area contributed by atoms with Crippen LogP contribution in [0, 0.1) is 6.92 Å². The molecule has 2 N–H and O–H groups in total. The molecule has 0 aliphatic heterocycles. The number of hydrogen-bond acceptors (Lipinski definition) is 3. The smallest absolute Gasteiger partial charge is 0.303 e. The van der Waals surface area contributed by atoms with Crippen LogP contribution in [0.3, 0.4) is 0 Å². The topological polar surface area (TPSA) is 83.7 Å². The minimum absolute atomic E-state index is 0.180. The number of unbranched alkanes of at least 4 members (excludes halogenated alkanes) is 2. The highest BCUT2D eigenvalue weighted by molar-refractivity contribution is 5.92. The van der Waals surface area contributed by atoms with E-state index in [1.807, 2.05) is 29.5 Å². The third-order valence-electron chi connectivity index (χ3n) is 3.28. The van der Waals surface area contributed by atoms with Gasteiger partial charge in [0.25, 0.3) is 5.91 Å². The Morgan fingerprint density at radius 2 is 2.10 bits per heavy atom. The summed E-state index contributed by atoms with van der Waals surface area (Å²) in [4.78, 5) is 26.6. The van der Waals surface area contributed by atoms with Crippen LogP contribution in [0.1, 0.15) is 41.9 Å². The van der Waals surface area contributed by atoms with Gasteiger partial charge in [-0.15, -0.1) is 0 Å². The zero-order valence-corrected chi connectivity index (χ0v) is 12.0. The number of pyridine rings is 1. The van der Waals surface area contributed by atoms with Crippen LogP contribution in [0.25, 0.3) is 5.65 Å². The van der Waals surface area contributed by atoms with Gasteiger partial charge in [0.1, 0.15) is 11.3 Å². The molecule has 0 aliphatic carbocycles. The van der Waals surface area contributed by atoms with Gasteiger partial charge in [-0.1, -0.05) is 12.5 Å². The third-order valence-corrected chi connectivity index (χ3v) is 3.28. The van der Waals surface area contributed by atoms with E-state index in [0.29, 0.717) is 18.7 Å². The molecule has 0 aromatic carbocycles. The fourth-order valence-electron chi connectivity index (χ4n) is 2.13. The van der Waals surface area contributed by atoms with Crippen LogP contribution >= 0.6 is 0 Å². The molecule has 1 amide bonds. The molecule has 0 aliphatic rings. The molecule has 0 saturated heterocycles. The standard InChI is InChI=1S/C15H19N3O3/c1-11-6-5-7-13-17-12(10-18(11)13)15(21)16-9-4-2-3-8-14(19)20/h5-7,10H,2-4,8-9H2,1H3,(H,16,21)(H,19,20). The molecule has 0 bridgehead atoms. The number of imidazole rings is 1. The average molecular weight is 289 g/mol. The maximum Gasteiger partial charge on any atom is 0.303 e. The zero-order valence-electron chi connectivity index (χ0n) is 12.0. The van der Waals surface area contributed by atoms with E-state index < -0.39 is 5.97 Å². The van der Waals surface area contributed by atoms with Gasteiger partial charge < -0.3 is 14.8 Å². The molecule has 0 unspecified atom stereocenters. The Kier molecular flexibility index (Phi) is 4.92. The quantitative estimate of drug-likeness (QED) is 0.764. The van der Waals surface area contributed by atoms with Crippen molar-refractivity contribution < 1.29 is 14.7 Å². The highest BCUT2D eigenvalue weighted by atomic mass is 16.4. The van der Waals surface area contributed by atoms with Crippen molar-refractivity contribution in [1.82, 2.24) is 14.7 Å². The maximum absolute atomic E-state index is 12.0. The fourth-order valence-corrected chi connectivity index (χ4v) is 2.13. The van der Waals surface area contributed by atoms with Gasteiger partial charge in [-0.3, -0.25) is 9.59 Å². The molecule has 2 aromatic rings. The number of aryl methyl sites for hydroxylation is 1. The Labute approximate surface area is 122 Å². The first kappa shape index (κ1) is 15.0. The Morgan fingerprint density at radius 3 is 2.81 bits per heavy atom. The van der Waals surface area contributed by atoms with Gasteiger partial charge in [-0.05, 0) is 31.9 Å². The number of carbonyl (C=O) groups is 2. The molecule has 21 heavy (non-hydrogen) atoms. The molecular weight excluding hydrogens is 270 g/mol. The summed E-state index contributed by atoms with van der Waals surface area (Å²) in [5, 5.41) is 11.3. The third kappa shape index (κ3) is 4.05. The van der Waals surface area contributed by atoms with Crippen LogP contribution < -0.4 is 5.32 Å². The van der Waals surface area contributed by atoms with Crippen LogP contribution in [-0.4, -0.2) is 32.9 Å². The Morgan fingerprint density at radius 1 is 1.29 bits per heavy atom. The molecule has 112 valence electrons. The number of nitrogens with zero attached hydrogens (tertiary/aromatic N) is 2. The second-order valence-corrected chi connectivity index (χ2v) is 4.98. The van der Waals surface area contributed by atoms with Crippen molar-refractivity contribution in [2.24, 2.45) is 0 Å². The number of rotatable bonds is 7. The van der Waals surface area contributed by atoms with Gasteiger partial charge in [-0.2, -0.15) is 0 Å². The van der Waals surface area contributed by atoms with Crippen molar-refractivity contribution >= 4 is 17.5 Å². The second kappa shape index (κ2) is 6.88. The van der Waals surface area contributed by atoms with E-state index in [4.69, 9.17) is 5.11 Å². The van der Waals surface area contributed by atoms with E-state index >= 15 is 0 Å². The van der Waals surface area contributed by atoms with Gasteiger partial charge in [0.15, 0.2) is 0 Å². The lowest BCUT2D eigenvalue weighted by molar-refractivity contribution is -0.137. The number of amides is 1. The van der Waals surface area contributed by atoms with Crippen molar-refractivity contribution in [3.8, 4) is 0 Å². The van der Waals surface area contributed by atoms with Gasteiger partial charge in [0, 0.05) is 24.9 Å². The van der Waals surface area contributed by atoms with E-state index in [2.05, 4.69) is 10.3 Å². The number of aromatic nitrogens is 2. The van der Waals surface area contributed by atoms with Crippen LogP contribution in [0.5, 0.6) is 0 Å². The largest absolute Gasteiger partial charge is 0.481 e. The van der Waals surface area contributed by atoms with Crippen molar-refractivity contribution in [3.05, 3.63) is 35.8 Å². The lowest BCUT2D eigenvalue weighted by Gasteiger charge is -2.02. The van der Waals surface area contributed by atoms with Gasteiger partial charge in [-0.25, -0.2) is 4.98 Å². The van der Waals surface area contributed by atoms with E-state index in [1.54, 1.807) is 6.20 Å². The lowest BCUT2D eigenvalue weighted by atomic mass is 10.2. The number of carboxylic acid groups (broad SMARTS) is 1. The number of hydrogen-bond donors (Lipinski definition) is 2. The minimum atomic E-state index is -0.779. The SMILES string of the molecule is Cc1cccc2nc(C(=O)NCCCCCC(=O)O)cn12. The normalized spacial score (nSPS) is 10.7. The van der Waals surface area contributed by atoms with E-state index in [-0.39, 0.29) is 12.3 Å². The molecule has 0 spiro atoms. The Bertz CT molecular complexity index is 649.